The van der Waals surface area contributed by atoms with Gasteiger partial charge in [-0.25, -0.2) is 0 Å². The molecule has 1 aliphatic heterocycles. The van der Waals surface area contributed by atoms with Crippen LogP contribution in [-0.2, 0) is 0 Å². The van der Waals surface area contributed by atoms with Crippen LogP contribution in [0.1, 0.15) is 25.5 Å². The number of pyridine rings is 1. The van der Waals surface area contributed by atoms with Gasteiger partial charge in [0, 0.05) is 23.4 Å². The van der Waals surface area contributed by atoms with Crippen LogP contribution in [0, 0.1) is 5.41 Å². The maximum Gasteiger partial charge on any atom is 0.217 e. The lowest BCUT2D eigenvalue weighted by Crippen LogP contribution is -2.35. The number of fused-ring (bicyclic) bond motifs is 2. The van der Waals surface area contributed by atoms with Crippen LogP contribution in [0.15, 0.2) is 52.6 Å². The minimum absolute atomic E-state index is 0.193. The van der Waals surface area contributed by atoms with Crippen LogP contribution in [0.4, 0.5) is 5.69 Å². The zero-order valence-electron chi connectivity index (χ0n) is 16.5. The maximum atomic E-state index is 9.75. The summed E-state index contributed by atoms with van der Waals surface area (Å²) < 4.78 is 1.68. The molecule has 1 aromatic carbocycles. The summed E-state index contributed by atoms with van der Waals surface area (Å²) in [5.41, 5.74) is 3.67. The molecule has 0 saturated carbocycles. The highest BCUT2D eigenvalue weighted by Crippen LogP contribution is 2.30. The van der Waals surface area contributed by atoms with E-state index >= 15 is 0 Å². The highest BCUT2D eigenvalue weighted by atomic mass is 32.2. The summed E-state index contributed by atoms with van der Waals surface area (Å²) in [5.74, 6) is 0. The third kappa shape index (κ3) is 3.61. The molecule has 4 heterocycles. The van der Waals surface area contributed by atoms with Crippen LogP contribution >= 0.6 is 11.8 Å². The first-order valence-electron chi connectivity index (χ1n) is 9.85. The van der Waals surface area contributed by atoms with Gasteiger partial charge in [-0.3, -0.25) is 4.98 Å². The fraction of sp³-hybridized carbons (Fsp3) is 0.286. The first-order chi connectivity index (χ1) is 14.6. The second kappa shape index (κ2) is 7.66. The summed E-state index contributed by atoms with van der Waals surface area (Å²) in [4.78, 5) is 7.90. The minimum atomic E-state index is -0.193. The Bertz CT molecular complexity index is 1250. The standard InChI is InChI=1S/C21H21N7OS/c1-13(22)18-4-5-20-24-25-21(28(20)26-18)30-17-2-3-19-14(11-17)10-15(12-23-19)27-8-6-16(29)7-9-27/h2-5,10-12,16,22,29H,6-9H2,1H3. The Hall–Kier alpha value is -3.04. The van der Waals surface area contributed by atoms with Gasteiger partial charge in [-0.1, -0.05) is 0 Å². The molecule has 0 unspecified atom stereocenters. The van der Waals surface area contributed by atoms with Gasteiger partial charge in [0.15, 0.2) is 5.65 Å². The number of hydrogen-bond donors (Lipinski definition) is 2. The first-order valence-corrected chi connectivity index (χ1v) is 10.7. The third-order valence-electron chi connectivity index (χ3n) is 5.30. The molecule has 1 fully saturated rings. The van der Waals surface area contributed by atoms with Crippen molar-refractivity contribution >= 4 is 39.7 Å². The number of hydrogen-bond acceptors (Lipinski definition) is 8. The van der Waals surface area contributed by atoms with E-state index in [1.165, 1.54) is 11.8 Å². The molecule has 8 nitrogen and oxygen atoms in total. The van der Waals surface area contributed by atoms with E-state index in [0.29, 0.717) is 22.2 Å². The summed E-state index contributed by atoms with van der Waals surface area (Å²) in [6.45, 7) is 3.40. The van der Waals surface area contributed by atoms with Gasteiger partial charge in [0.25, 0.3) is 0 Å². The van der Waals surface area contributed by atoms with Crippen molar-refractivity contribution in [3.05, 3.63) is 48.3 Å². The molecular formula is C21H21N7OS. The smallest absolute Gasteiger partial charge is 0.217 e. The number of aliphatic hydroxyl groups excluding tert-OH is 1. The van der Waals surface area contributed by atoms with Gasteiger partial charge in [-0.2, -0.15) is 9.61 Å². The van der Waals surface area contributed by atoms with Crippen LogP contribution in [0.25, 0.3) is 16.6 Å². The van der Waals surface area contributed by atoms with Gasteiger partial charge < -0.3 is 15.4 Å². The molecule has 0 bridgehead atoms. The molecule has 3 aromatic heterocycles. The van der Waals surface area contributed by atoms with Crippen molar-refractivity contribution < 1.29 is 5.11 Å². The Morgan fingerprint density at radius 2 is 1.97 bits per heavy atom. The highest BCUT2D eigenvalue weighted by molar-refractivity contribution is 7.99. The molecule has 0 spiro atoms. The Labute approximate surface area is 177 Å². The molecule has 0 aliphatic carbocycles. The SMILES string of the molecule is CC(=N)c1ccc2nnc(Sc3ccc4ncc(N5CCC(O)CC5)cc4c3)n2n1. The number of aliphatic hydroxyl groups is 1. The number of rotatable bonds is 4. The van der Waals surface area contributed by atoms with Crippen molar-refractivity contribution in [1.29, 1.82) is 5.41 Å². The molecule has 4 aromatic rings. The van der Waals surface area contributed by atoms with E-state index in [1.807, 2.05) is 24.4 Å². The number of piperidine rings is 1. The van der Waals surface area contributed by atoms with E-state index in [0.717, 1.165) is 47.4 Å². The van der Waals surface area contributed by atoms with Gasteiger partial charge in [-0.05, 0) is 67.9 Å². The maximum absolute atomic E-state index is 9.75. The molecule has 1 aliphatic rings. The Morgan fingerprint density at radius 3 is 2.77 bits per heavy atom. The minimum Gasteiger partial charge on any atom is -0.393 e. The molecular weight excluding hydrogens is 398 g/mol. The molecule has 2 N–H and O–H groups in total. The van der Waals surface area contributed by atoms with Crippen LogP contribution < -0.4 is 4.90 Å². The van der Waals surface area contributed by atoms with Gasteiger partial charge in [0.05, 0.1) is 29.2 Å². The van der Waals surface area contributed by atoms with E-state index in [4.69, 9.17) is 5.41 Å². The zero-order valence-corrected chi connectivity index (χ0v) is 17.3. The Balaban J connectivity index is 1.45. The van der Waals surface area contributed by atoms with Crippen LogP contribution in [0.2, 0.25) is 0 Å². The predicted molar refractivity (Wildman–Crippen MR) is 117 cm³/mol. The van der Waals surface area contributed by atoms with Crippen molar-refractivity contribution in [2.75, 3.05) is 18.0 Å². The van der Waals surface area contributed by atoms with Gasteiger partial charge in [-0.15, -0.1) is 10.2 Å². The van der Waals surface area contributed by atoms with E-state index in [9.17, 15) is 5.11 Å². The number of benzene rings is 1. The van der Waals surface area contributed by atoms with Crippen molar-refractivity contribution in [2.45, 2.75) is 35.9 Å². The summed E-state index contributed by atoms with van der Waals surface area (Å²) in [6.07, 6.45) is 3.29. The van der Waals surface area contributed by atoms with Crippen LogP contribution in [0.3, 0.4) is 0 Å². The van der Waals surface area contributed by atoms with E-state index in [-0.39, 0.29) is 6.10 Å². The normalized spacial score (nSPS) is 15.2. The average Bonchev–Trinajstić information content (AvgIpc) is 3.16. The van der Waals surface area contributed by atoms with E-state index in [1.54, 1.807) is 17.5 Å². The number of aromatic nitrogens is 5. The predicted octanol–water partition coefficient (Wildman–Crippen LogP) is 3.17. The lowest BCUT2D eigenvalue weighted by Gasteiger charge is -2.31. The van der Waals surface area contributed by atoms with Crippen molar-refractivity contribution in [3.8, 4) is 0 Å². The molecule has 30 heavy (non-hydrogen) atoms. The molecule has 152 valence electrons. The average molecular weight is 420 g/mol. The van der Waals surface area contributed by atoms with Crippen molar-refractivity contribution in [1.82, 2.24) is 24.8 Å². The number of nitrogens with zero attached hydrogens (tertiary/aromatic N) is 6. The lowest BCUT2D eigenvalue weighted by molar-refractivity contribution is 0.145. The lowest BCUT2D eigenvalue weighted by atomic mass is 10.1. The molecule has 5 rings (SSSR count). The van der Waals surface area contributed by atoms with Crippen LogP contribution in [0.5, 0.6) is 0 Å². The fourth-order valence-corrected chi connectivity index (χ4v) is 4.43. The summed E-state index contributed by atoms with van der Waals surface area (Å²) in [7, 11) is 0. The Morgan fingerprint density at radius 1 is 1.13 bits per heavy atom. The highest BCUT2D eigenvalue weighted by Gasteiger charge is 2.18. The van der Waals surface area contributed by atoms with Gasteiger partial charge >= 0.3 is 0 Å². The number of anilines is 1. The van der Waals surface area contributed by atoms with Gasteiger partial charge in [0.1, 0.15) is 5.69 Å². The third-order valence-corrected chi connectivity index (χ3v) is 6.22. The largest absolute Gasteiger partial charge is 0.393 e. The molecule has 0 atom stereocenters. The van der Waals surface area contributed by atoms with Gasteiger partial charge in [0.2, 0.25) is 5.16 Å². The van der Waals surface area contributed by atoms with Crippen LogP contribution in [-0.4, -0.2) is 54.8 Å². The summed E-state index contributed by atoms with van der Waals surface area (Å²) in [5, 5.41) is 32.2. The van der Waals surface area contributed by atoms with Crippen molar-refractivity contribution in [3.63, 3.8) is 0 Å². The monoisotopic (exact) mass is 419 g/mol. The fourth-order valence-electron chi connectivity index (χ4n) is 3.60. The summed E-state index contributed by atoms with van der Waals surface area (Å²) >= 11 is 1.48. The zero-order chi connectivity index (χ0) is 20.7. The first kappa shape index (κ1) is 19.0. The topological polar surface area (TPSA) is 103 Å². The molecule has 1 saturated heterocycles. The molecule has 9 heteroatoms. The summed E-state index contributed by atoms with van der Waals surface area (Å²) in [6, 6.07) is 11.9. The van der Waals surface area contributed by atoms with E-state index in [2.05, 4.69) is 37.3 Å². The second-order valence-electron chi connectivity index (χ2n) is 7.46. The van der Waals surface area contributed by atoms with E-state index < -0.39 is 0 Å². The number of nitrogens with one attached hydrogen (secondary N) is 1. The molecule has 0 amide bonds. The Kier molecular flexibility index (Phi) is 4.84. The van der Waals surface area contributed by atoms with Crippen molar-refractivity contribution in [2.24, 2.45) is 0 Å². The molecule has 0 radical (unpaired) electrons. The second-order valence-corrected chi connectivity index (χ2v) is 8.51. The quantitative estimate of drug-likeness (QED) is 0.490.